The lowest BCUT2D eigenvalue weighted by molar-refractivity contribution is -0.0525. The van der Waals surface area contributed by atoms with Crippen LogP contribution in [-0.4, -0.2) is 41.4 Å². The Morgan fingerprint density at radius 2 is 2.08 bits per heavy atom. The number of rotatable bonds is 2. The van der Waals surface area contributed by atoms with E-state index in [-0.39, 0.29) is 12.1 Å². The van der Waals surface area contributed by atoms with Gasteiger partial charge < -0.3 is 19.5 Å². The third-order valence-corrected chi connectivity index (χ3v) is 6.04. The van der Waals surface area contributed by atoms with Gasteiger partial charge in [0.05, 0.1) is 7.11 Å². The Morgan fingerprint density at radius 3 is 2.69 bits per heavy atom. The van der Waals surface area contributed by atoms with Gasteiger partial charge in [-0.15, -0.1) is 11.3 Å². The number of carbonyl (C=O) groups is 1. The van der Waals surface area contributed by atoms with E-state index in [4.69, 9.17) is 9.47 Å². The van der Waals surface area contributed by atoms with E-state index in [9.17, 15) is 9.90 Å². The number of thiophene rings is 1. The van der Waals surface area contributed by atoms with E-state index in [0.29, 0.717) is 19.4 Å². The number of benzene rings is 1. The van der Waals surface area contributed by atoms with Crippen molar-refractivity contribution in [2.75, 3.05) is 13.7 Å². The van der Waals surface area contributed by atoms with Gasteiger partial charge in [0.15, 0.2) is 0 Å². The van der Waals surface area contributed by atoms with Crippen molar-refractivity contribution in [1.82, 2.24) is 4.90 Å². The first-order valence-corrected chi connectivity index (χ1v) is 9.73. The number of ether oxygens (including phenoxy) is 2. The lowest BCUT2D eigenvalue weighted by Gasteiger charge is -2.42. The van der Waals surface area contributed by atoms with E-state index < -0.39 is 11.2 Å². The molecule has 2 atom stereocenters. The second kappa shape index (κ2) is 6.74. The molecule has 0 unspecified atom stereocenters. The molecule has 1 aromatic heterocycles. The molecule has 1 fully saturated rings. The predicted molar refractivity (Wildman–Crippen MR) is 104 cm³/mol. The van der Waals surface area contributed by atoms with E-state index in [1.54, 1.807) is 23.3 Å². The van der Waals surface area contributed by atoms with Crippen molar-refractivity contribution in [3.63, 3.8) is 0 Å². The van der Waals surface area contributed by atoms with Gasteiger partial charge in [0.2, 0.25) is 0 Å². The number of aliphatic hydroxyl groups is 1. The van der Waals surface area contributed by atoms with Gasteiger partial charge in [-0.25, -0.2) is 4.79 Å². The second-order valence-electron chi connectivity index (χ2n) is 8.02. The summed E-state index contributed by atoms with van der Waals surface area (Å²) in [7, 11) is 1.65. The van der Waals surface area contributed by atoms with Crippen LogP contribution in [0.3, 0.4) is 0 Å². The average molecular weight is 378 g/mol. The number of hydrogen-bond donors (Lipinski definition) is 1. The highest BCUT2D eigenvalue weighted by molar-refractivity contribution is 7.19. The van der Waals surface area contributed by atoms with Gasteiger partial charge in [0, 0.05) is 28.6 Å². The largest absolute Gasteiger partial charge is 0.497 e. The minimum Gasteiger partial charge on any atom is -0.497 e. The molecule has 1 aliphatic rings. The zero-order valence-corrected chi connectivity index (χ0v) is 16.9. The number of carbonyl (C=O) groups excluding carboxylic acids is 1. The molecule has 0 aliphatic carbocycles. The molecule has 2 aromatic rings. The van der Waals surface area contributed by atoms with Crippen LogP contribution in [-0.2, 0) is 10.3 Å². The Labute approximate surface area is 158 Å². The Hall–Kier alpha value is -1.79. The number of piperidine rings is 1. The van der Waals surface area contributed by atoms with E-state index in [0.717, 1.165) is 20.7 Å². The Morgan fingerprint density at radius 1 is 1.35 bits per heavy atom. The van der Waals surface area contributed by atoms with Crippen molar-refractivity contribution in [3.05, 3.63) is 29.1 Å². The van der Waals surface area contributed by atoms with Crippen molar-refractivity contribution in [2.45, 2.75) is 57.8 Å². The molecule has 1 N–H and O–H groups in total. The maximum Gasteiger partial charge on any atom is 0.410 e. The highest BCUT2D eigenvalue weighted by Gasteiger charge is 2.41. The standard InChI is InChI=1S/C20H27NO4S/c1-13-12-20(23,8-9-21(13)18(22)25-19(2,3)4)17-10-14-6-7-15(24-5)11-16(14)26-17/h6-7,10-11,13,23H,8-9,12H2,1-5H3/t13-,20+/m0/s1. The number of amides is 1. The molecule has 1 aromatic carbocycles. The first-order chi connectivity index (χ1) is 12.1. The normalized spacial score (nSPS) is 23.9. The molecule has 3 rings (SSSR count). The summed E-state index contributed by atoms with van der Waals surface area (Å²) in [4.78, 5) is 15.1. The van der Waals surface area contributed by atoms with Crippen molar-refractivity contribution >= 4 is 27.5 Å². The topological polar surface area (TPSA) is 59.0 Å². The second-order valence-corrected chi connectivity index (χ2v) is 9.11. The van der Waals surface area contributed by atoms with Crippen molar-refractivity contribution in [1.29, 1.82) is 0 Å². The summed E-state index contributed by atoms with van der Waals surface area (Å²) in [5.74, 6) is 0.811. The zero-order valence-electron chi connectivity index (χ0n) is 16.0. The highest BCUT2D eigenvalue weighted by Crippen LogP contribution is 2.42. The molecular formula is C20H27NO4S. The molecule has 26 heavy (non-hydrogen) atoms. The first-order valence-electron chi connectivity index (χ1n) is 8.91. The van der Waals surface area contributed by atoms with Crippen LogP contribution in [0, 0.1) is 0 Å². The van der Waals surface area contributed by atoms with E-state index >= 15 is 0 Å². The fourth-order valence-corrected chi connectivity index (χ4v) is 4.63. The summed E-state index contributed by atoms with van der Waals surface area (Å²) in [6.45, 7) is 8.03. The minimum atomic E-state index is -0.922. The number of fused-ring (bicyclic) bond motifs is 1. The summed E-state index contributed by atoms with van der Waals surface area (Å²) in [5, 5.41) is 12.4. The average Bonchev–Trinajstić information content (AvgIpc) is 2.96. The third-order valence-electron chi connectivity index (χ3n) is 4.75. The van der Waals surface area contributed by atoms with Gasteiger partial charge in [0.1, 0.15) is 17.0 Å². The fourth-order valence-electron chi connectivity index (χ4n) is 3.41. The highest BCUT2D eigenvalue weighted by atomic mass is 32.1. The van der Waals surface area contributed by atoms with Crippen LogP contribution in [0.2, 0.25) is 0 Å². The van der Waals surface area contributed by atoms with Gasteiger partial charge in [-0.05, 0) is 63.8 Å². The molecule has 0 bridgehead atoms. The quantitative estimate of drug-likeness (QED) is 0.836. The molecule has 142 valence electrons. The van der Waals surface area contributed by atoms with Crippen LogP contribution in [0.1, 0.15) is 45.4 Å². The van der Waals surface area contributed by atoms with Crippen molar-refractivity contribution in [3.8, 4) is 5.75 Å². The van der Waals surface area contributed by atoms with Crippen molar-refractivity contribution in [2.24, 2.45) is 0 Å². The molecule has 0 radical (unpaired) electrons. The zero-order chi connectivity index (χ0) is 19.1. The number of nitrogens with zero attached hydrogens (tertiary/aromatic N) is 1. The summed E-state index contributed by atoms with van der Waals surface area (Å²) in [6.07, 6.45) is 0.685. The molecule has 6 heteroatoms. The SMILES string of the molecule is COc1ccc2cc([C@@]3(O)CCN(C(=O)OC(C)(C)C)[C@@H](C)C3)sc2c1. The first kappa shape index (κ1) is 19.0. The van der Waals surface area contributed by atoms with Gasteiger partial charge in [-0.3, -0.25) is 0 Å². The van der Waals surface area contributed by atoms with Crippen LogP contribution >= 0.6 is 11.3 Å². The van der Waals surface area contributed by atoms with Crippen LogP contribution < -0.4 is 4.74 Å². The maximum atomic E-state index is 12.4. The predicted octanol–water partition coefficient (Wildman–Crippen LogP) is 4.52. The smallest absolute Gasteiger partial charge is 0.410 e. The van der Waals surface area contributed by atoms with E-state index in [1.165, 1.54) is 0 Å². The Kier molecular flexibility index (Phi) is 4.92. The number of hydrogen-bond acceptors (Lipinski definition) is 5. The Bertz CT molecular complexity index is 810. The van der Waals surface area contributed by atoms with Gasteiger partial charge in [-0.1, -0.05) is 0 Å². The van der Waals surface area contributed by atoms with Crippen LogP contribution in [0.15, 0.2) is 24.3 Å². The van der Waals surface area contributed by atoms with Gasteiger partial charge >= 0.3 is 6.09 Å². The maximum absolute atomic E-state index is 12.4. The van der Waals surface area contributed by atoms with Crippen LogP contribution in [0.25, 0.3) is 10.1 Å². The molecule has 0 spiro atoms. The molecule has 1 amide bonds. The number of methoxy groups -OCH3 is 1. The molecular weight excluding hydrogens is 350 g/mol. The van der Waals surface area contributed by atoms with Crippen molar-refractivity contribution < 1.29 is 19.4 Å². The van der Waals surface area contributed by atoms with Crippen LogP contribution in [0.4, 0.5) is 4.79 Å². The van der Waals surface area contributed by atoms with E-state index in [1.807, 2.05) is 45.9 Å². The minimum absolute atomic E-state index is 0.0941. The summed E-state index contributed by atoms with van der Waals surface area (Å²) >= 11 is 1.59. The monoisotopic (exact) mass is 377 g/mol. The Balaban J connectivity index is 1.79. The molecule has 1 aliphatic heterocycles. The summed E-state index contributed by atoms with van der Waals surface area (Å²) in [5.41, 5.74) is -1.44. The van der Waals surface area contributed by atoms with E-state index in [2.05, 4.69) is 6.07 Å². The molecule has 5 nitrogen and oxygen atoms in total. The molecule has 2 heterocycles. The van der Waals surface area contributed by atoms with Gasteiger partial charge in [-0.2, -0.15) is 0 Å². The lowest BCUT2D eigenvalue weighted by atomic mass is 9.85. The fraction of sp³-hybridized carbons (Fsp3) is 0.550. The van der Waals surface area contributed by atoms with Crippen LogP contribution in [0.5, 0.6) is 5.75 Å². The number of likely N-dealkylation sites (tertiary alicyclic amines) is 1. The van der Waals surface area contributed by atoms with Gasteiger partial charge in [0.25, 0.3) is 0 Å². The summed E-state index contributed by atoms with van der Waals surface area (Å²) in [6, 6.07) is 7.89. The lowest BCUT2D eigenvalue weighted by Crippen LogP contribution is -2.51. The summed E-state index contributed by atoms with van der Waals surface area (Å²) < 4.78 is 11.9. The molecule has 0 saturated carbocycles. The molecule has 1 saturated heterocycles. The third kappa shape index (κ3) is 3.81.